The van der Waals surface area contributed by atoms with Gasteiger partial charge in [-0.25, -0.2) is 4.79 Å². The number of aromatic amines is 2. The van der Waals surface area contributed by atoms with Crippen LogP contribution >= 0.6 is 0 Å². The molecule has 1 aromatic heterocycles. The van der Waals surface area contributed by atoms with Gasteiger partial charge in [-0.1, -0.05) is 0 Å². The Morgan fingerprint density at radius 2 is 2.17 bits per heavy atom. The number of amides is 1. The highest BCUT2D eigenvalue weighted by Crippen LogP contribution is 2.14. The normalized spacial score (nSPS) is 12.6. The van der Waals surface area contributed by atoms with Gasteiger partial charge >= 0.3 is 5.69 Å². The average Bonchev–Trinajstić information content (AvgIpc) is 2.70. The summed E-state index contributed by atoms with van der Waals surface area (Å²) in [6.45, 7) is 0.103. The van der Waals surface area contributed by atoms with Crippen LogP contribution in [0.5, 0.6) is 0 Å². The third kappa shape index (κ3) is 2.41. The Kier molecular flexibility index (Phi) is 3.45. The second-order valence-corrected chi connectivity index (χ2v) is 3.79. The topological polar surface area (TPSA) is 113 Å². The molecule has 2 rings (SSSR count). The number of methoxy groups -OCH3 is 1. The zero-order valence-corrected chi connectivity index (χ0v) is 9.82. The molecular formula is C11H14N4O3. The summed E-state index contributed by atoms with van der Waals surface area (Å²) >= 11 is 0. The van der Waals surface area contributed by atoms with Crippen molar-refractivity contribution in [3.63, 3.8) is 0 Å². The van der Waals surface area contributed by atoms with E-state index in [1.54, 1.807) is 18.2 Å². The highest BCUT2D eigenvalue weighted by Gasteiger charge is 2.15. The first-order valence-corrected chi connectivity index (χ1v) is 5.40. The fraction of sp³-hybridized carbons (Fsp3) is 0.273. The second-order valence-electron chi connectivity index (χ2n) is 3.79. The van der Waals surface area contributed by atoms with E-state index in [0.29, 0.717) is 16.7 Å². The fourth-order valence-electron chi connectivity index (χ4n) is 1.64. The molecule has 0 saturated carbocycles. The van der Waals surface area contributed by atoms with Crippen molar-refractivity contribution in [2.24, 2.45) is 5.73 Å². The van der Waals surface area contributed by atoms with E-state index in [2.05, 4.69) is 15.3 Å². The lowest BCUT2D eigenvalue weighted by molar-refractivity contribution is -0.125. The van der Waals surface area contributed by atoms with Gasteiger partial charge in [0, 0.05) is 19.3 Å². The Hall–Kier alpha value is -2.12. The summed E-state index contributed by atoms with van der Waals surface area (Å²) in [7, 11) is 1.42. The number of ether oxygens (including phenoxy) is 1. The van der Waals surface area contributed by atoms with E-state index in [-0.39, 0.29) is 18.1 Å². The molecule has 7 heteroatoms. The first-order chi connectivity index (χ1) is 8.63. The van der Waals surface area contributed by atoms with Gasteiger partial charge in [-0.2, -0.15) is 0 Å². The van der Waals surface area contributed by atoms with Crippen molar-refractivity contribution in [2.45, 2.75) is 6.10 Å². The number of carbonyl (C=O) groups excluding carboxylic acids is 1. The van der Waals surface area contributed by atoms with Crippen molar-refractivity contribution in [3.05, 3.63) is 28.7 Å². The molecule has 5 N–H and O–H groups in total. The summed E-state index contributed by atoms with van der Waals surface area (Å²) in [6, 6.07) is 5.05. The van der Waals surface area contributed by atoms with E-state index in [1.165, 1.54) is 7.11 Å². The number of rotatable bonds is 4. The lowest BCUT2D eigenvalue weighted by Gasteiger charge is -2.12. The predicted molar refractivity (Wildman–Crippen MR) is 67.4 cm³/mol. The van der Waals surface area contributed by atoms with Crippen LogP contribution in [0.1, 0.15) is 0 Å². The van der Waals surface area contributed by atoms with Crippen LogP contribution in [-0.4, -0.2) is 35.6 Å². The first kappa shape index (κ1) is 12.3. The largest absolute Gasteiger partial charge is 0.370 e. The monoisotopic (exact) mass is 250 g/mol. The molecule has 96 valence electrons. The van der Waals surface area contributed by atoms with Crippen LogP contribution in [0, 0.1) is 0 Å². The van der Waals surface area contributed by atoms with E-state index in [1.807, 2.05) is 0 Å². The summed E-state index contributed by atoms with van der Waals surface area (Å²) in [5.74, 6) is -0.322. The van der Waals surface area contributed by atoms with Crippen molar-refractivity contribution in [1.29, 1.82) is 0 Å². The summed E-state index contributed by atoms with van der Waals surface area (Å²) in [6.07, 6.45) is -0.689. The molecule has 2 aromatic rings. The van der Waals surface area contributed by atoms with Gasteiger partial charge in [0.1, 0.15) is 6.10 Å². The number of imidazole rings is 1. The lowest BCUT2D eigenvalue weighted by Crippen LogP contribution is -2.35. The van der Waals surface area contributed by atoms with Crippen LogP contribution in [0.4, 0.5) is 5.69 Å². The van der Waals surface area contributed by atoms with Gasteiger partial charge < -0.3 is 25.8 Å². The number of H-pyrrole nitrogens is 2. The van der Waals surface area contributed by atoms with Crippen LogP contribution in [-0.2, 0) is 9.53 Å². The first-order valence-electron chi connectivity index (χ1n) is 5.40. The molecule has 0 fully saturated rings. The van der Waals surface area contributed by atoms with E-state index in [0.717, 1.165) is 0 Å². The minimum Gasteiger partial charge on any atom is -0.370 e. The Labute approximate surface area is 102 Å². The maximum absolute atomic E-state index is 11.7. The minimum absolute atomic E-state index is 0.103. The lowest BCUT2D eigenvalue weighted by atomic mass is 10.2. The van der Waals surface area contributed by atoms with Crippen molar-refractivity contribution in [1.82, 2.24) is 9.97 Å². The average molecular weight is 250 g/mol. The van der Waals surface area contributed by atoms with Crippen molar-refractivity contribution < 1.29 is 9.53 Å². The van der Waals surface area contributed by atoms with Crippen molar-refractivity contribution >= 4 is 22.6 Å². The molecule has 1 heterocycles. The highest BCUT2D eigenvalue weighted by molar-refractivity contribution is 5.95. The maximum Gasteiger partial charge on any atom is 0.323 e. The maximum atomic E-state index is 11.7. The molecule has 18 heavy (non-hydrogen) atoms. The third-order valence-corrected chi connectivity index (χ3v) is 2.57. The van der Waals surface area contributed by atoms with Crippen LogP contribution in [0.2, 0.25) is 0 Å². The van der Waals surface area contributed by atoms with Gasteiger partial charge in [-0.3, -0.25) is 4.79 Å². The summed E-state index contributed by atoms with van der Waals surface area (Å²) in [5, 5.41) is 2.67. The molecule has 0 aliphatic rings. The summed E-state index contributed by atoms with van der Waals surface area (Å²) in [5.41, 5.74) is 6.98. The summed E-state index contributed by atoms with van der Waals surface area (Å²) < 4.78 is 4.92. The van der Waals surface area contributed by atoms with Gasteiger partial charge in [0.15, 0.2) is 0 Å². The van der Waals surface area contributed by atoms with E-state index in [9.17, 15) is 9.59 Å². The van der Waals surface area contributed by atoms with Gasteiger partial charge in [-0.15, -0.1) is 0 Å². The number of nitrogens with two attached hydrogens (primary N) is 1. The van der Waals surface area contributed by atoms with Gasteiger partial charge in [0.25, 0.3) is 5.91 Å². The molecular weight excluding hydrogens is 236 g/mol. The number of nitrogens with one attached hydrogen (secondary N) is 3. The fourth-order valence-corrected chi connectivity index (χ4v) is 1.64. The SMILES string of the molecule is COC(CN)C(=O)Nc1ccc2[nH]c(=O)[nH]c2c1. The molecule has 0 radical (unpaired) electrons. The zero-order chi connectivity index (χ0) is 13.1. The second kappa shape index (κ2) is 5.03. The van der Waals surface area contributed by atoms with Crippen LogP contribution in [0.15, 0.2) is 23.0 Å². The Balaban J connectivity index is 2.21. The number of anilines is 1. The predicted octanol–water partition coefficient (Wildman–Crippen LogP) is -0.232. The molecule has 1 atom stereocenters. The molecule has 1 unspecified atom stereocenters. The molecule has 0 aliphatic carbocycles. The van der Waals surface area contributed by atoms with E-state index < -0.39 is 6.10 Å². The molecule has 0 spiro atoms. The van der Waals surface area contributed by atoms with Crippen LogP contribution in [0.3, 0.4) is 0 Å². The molecule has 0 bridgehead atoms. The van der Waals surface area contributed by atoms with Gasteiger partial charge in [0.2, 0.25) is 0 Å². The molecule has 1 amide bonds. The van der Waals surface area contributed by atoms with Crippen LogP contribution < -0.4 is 16.7 Å². The summed E-state index contributed by atoms with van der Waals surface area (Å²) in [4.78, 5) is 28.0. The Bertz CT molecular complexity index is 612. The van der Waals surface area contributed by atoms with Gasteiger partial charge in [0.05, 0.1) is 11.0 Å². The minimum atomic E-state index is -0.689. The van der Waals surface area contributed by atoms with Crippen molar-refractivity contribution in [3.8, 4) is 0 Å². The standard InChI is InChI=1S/C11H14N4O3/c1-18-9(5-12)10(16)13-6-2-3-7-8(4-6)15-11(17)14-7/h2-4,9H,5,12H2,1H3,(H,13,16)(H2,14,15,17). The zero-order valence-electron chi connectivity index (χ0n) is 9.82. The number of hydrogen-bond donors (Lipinski definition) is 4. The van der Waals surface area contributed by atoms with Crippen molar-refractivity contribution in [2.75, 3.05) is 19.0 Å². The van der Waals surface area contributed by atoms with E-state index in [4.69, 9.17) is 10.5 Å². The smallest absolute Gasteiger partial charge is 0.323 e. The quantitative estimate of drug-likeness (QED) is 0.600. The molecule has 0 saturated heterocycles. The molecule has 1 aromatic carbocycles. The van der Waals surface area contributed by atoms with Crippen LogP contribution in [0.25, 0.3) is 11.0 Å². The molecule has 7 nitrogen and oxygen atoms in total. The Morgan fingerprint density at radius 1 is 1.44 bits per heavy atom. The number of fused-ring (bicyclic) bond motifs is 1. The Morgan fingerprint density at radius 3 is 2.83 bits per heavy atom. The third-order valence-electron chi connectivity index (χ3n) is 2.57. The molecule has 0 aliphatic heterocycles. The number of carbonyl (C=O) groups is 1. The van der Waals surface area contributed by atoms with Gasteiger partial charge in [-0.05, 0) is 18.2 Å². The number of aromatic nitrogens is 2. The number of benzene rings is 1. The van der Waals surface area contributed by atoms with E-state index >= 15 is 0 Å². The number of hydrogen-bond acceptors (Lipinski definition) is 4. The highest BCUT2D eigenvalue weighted by atomic mass is 16.5.